The Kier molecular flexibility index (Phi) is 19.0. The molecule has 0 radical (unpaired) electrons. The monoisotopic (exact) mass is 149 g/mol. The molecule has 0 aliphatic carbocycles. The number of hydrogen-bond donors (Lipinski definition) is 1. The van der Waals surface area contributed by atoms with Gasteiger partial charge in [-0.3, -0.25) is 0 Å². The van der Waals surface area contributed by atoms with Gasteiger partial charge in [0.1, 0.15) is 0 Å². The third kappa shape index (κ3) is 17.8. The summed E-state index contributed by atoms with van der Waals surface area (Å²) in [6.45, 7) is 8.61. The Bertz CT molecular complexity index is 40.3. The first-order valence-corrected chi connectivity index (χ1v) is 2.89. The van der Waals surface area contributed by atoms with Gasteiger partial charge in [0.2, 0.25) is 0 Å². The molecule has 0 saturated carbocycles. The molecule has 0 fully saturated rings. The van der Waals surface area contributed by atoms with Crippen molar-refractivity contribution >= 4 is 59.1 Å². The Hall–Kier alpha value is 1.96. The van der Waals surface area contributed by atoms with E-state index in [9.17, 15) is 0 Å². The molecule has 0 atom stereocenters. The third-order valence-electron chi connectivity index (χ3n) is 0.667. The van der Waals surface area contributed by atoms with E-state index in [1.807, 2.05) is 0 Å². The van der Waals surface area contributed by atoms with Crippen molar-refractivity contribution in [2.75, 3.05) is 0 Å². The van der Waals surface area contributed by atoms with E-state index in [2.05, 4.69) is 33.0 Å². The van der Waals surface area contributed by atoms with Crippen LogP contribution in [-0.4, -0.2) is 71.2 Å². The second-order valence-electron chi connectivity index (χ2n) is 2.48. The molecular weight excluding hydrogens is 132 g/mol. The van der Waals surface area contributed by atoms with Crippen molar-refractivity contribution in [3.63, 3.8) is 0 Å². The zero-order valence-corrected chi connectivity index (χ0v) is 5.65. The summed E-state index contributed by atoms with van der Waals surface area (Å²) in [4.78, 5) is 0. The fourth-order valence-corrected chi connectivity index (χ4v) is 0.667. The van der Waals surface area contributed by atoms with Gasteiger partial charge in [-0.25, -0.2) is 0 Å². The van der Waals surface area contributed by atoms with Gasteiger partial charge in [0.05, 0.1) is 0 Å². The van der Waals surface area contributed by atoms with Crippen LogP contribution in [0.25, 0.3) is 0 Å². The fourth-order valence-electron chi connectivity index (χ4n) is 0.667. The van der Waals surface area contributed by atoms with Gasteiger partial charge in [-0.2, -0.15) is 0 Å². The second kappa shape index (κ2) is 9.96. The van der Waals surface area contributed by atoms with Gasteiger partial charge in [0, 0.05) is 12.1 Å². The van der Waals surface area contributed by atoms with E-state index in [-0.39, 0.29) is 59.1 Å². The molecule has 0 amide bonds. The average Bonchev–Trinajstić information content (AvgIpc) is 1.27. The first-order valence-electron chi connectivity index (χ1n) is 2.89. The fraction of sp³-hybridized carbons (Fsp3) is 1.00. The molecule has 0 aromatic carbocycles. The maximum atomic E-state index is 3.31. The van der Waals surface area contributed by atoms with Gasteiger partial charge in [-0.15, -0.1) is 0 Å². The molecule has 0 spiro atoms. The van der Waals surface area contributed by atoms with Crippen LogP contribution >= 0.6 is 0 Å². The topological polar surface area (TPSA) is 12.0 Å². The molecule has 48 valence electrons. The predicted octanol–water partition coefficient (Wildman–Crippen LogP) is 0.0958. The van der Waals surface area contributed by atoms with E-state index in [1.165, 1.54) is 0 Å². The first-order chi connectivity index (χ1) is 3.13. The molecule has 0 aliphatic heterocycles. The minimum atomic E-state index is 0. The van der Waals surface area contributed by atoms with E-state index in [4.69, 9.17) is 0 Å². The van der Waals surface area contributed by atoms with Crippen molar-refractivity contribution in [3.8, 4) is 0 Å². The Morgan fingerprint density at radius 2 is 1.00 bits per heavy atom. The molecule has 0 aliphatic rings. The molecule has 3 heteroatoms. The van der Waals surface area contributed by atoms with Crippen LogP contribution in [0.4, 0.5) is 0 Å². The van der Waals surface area contributed by atoms with Crippen molar-refractivity contribution in [3.05, 3.63) is 0 Å². The van der Waals surface area contributed by atoms with Crippen LogP contribution in [0.3, 0.4) is 0 Å². The SMILES string of the molecule is CC(C)NC(C)C.[NaH].[NaH]. The third-order valence-corrected chi connectivity index (χ3v) is 0.667. The Morgan fingerprint density at radius 3 is 1.00 bits per heavy atom. The van der Waals surface area contributed by atoms with Crippen LogP contribution < -0.4 is 5.32 Å². The minimum absolute atomic E-state index is 0. The molecular formula is C6H17NNa2. The first kappa shape index (κ1) is 17.2. The summed E-state index contributed by atoms with van der Waals surface area (Å²) in [6, 6.07) is 1.25. The van der Waals surface area contributed by atoms with Crippen LogP contribution in [0.2, 0.25) is 0 Å². The van der Waals surface area contributed by atoms with Crippen LogP contribution in [0.1, 0.15) is 27.7 Å². The van der Waals surface area contributed by atoms with Crippen LogP contribution in [0.15, 0.2) is 0 Å². The van der Waals surface area contributed by atoms with Crippen molar-refractivity contribution in [1.29, 1.82) is 0 Å². The van der Waals surface area contributed by atoms with Crippen LogP contribution in [0, 0.1) is 0 Å². The number of hydrogen-bond acceptors (Lipinski definition) is 1. The van der Waals surface area contributed by atoms with Gasteiger partial charge in [-0.05, 0) is 0 Å². The second-order valence-corrected chi connectivity index (χ2v) is 2.48. The molecule has 0 heterocycles. The van der Waals surface area contributed by atoms with Gasteiger partial charge in [0.15, 0.2) is 0 Å². The van der Waals surface area contributed by atoms with E-state index in [0.717, 1.165) is 0 Å². The van der Waals surface area contributed by atoms with E-state index in [1.54, 1.807) is 0 Å². The summed E-state index contributed by atoms with van der Waals surface area (Å²) in [7, 11) is 0. The van der Waals surface area contributed by atoms with Crippen molar-refractivity contribution in [1.82, 2.24) is 5.32 Å². The normalized spacial score (nSPS) is 8.67. The molecule has 1 nitrogen and oxygen atoms in total. The van der Waals surface area contributed by atoms with Crippen molar-refractivity contribution < 1.29 is 0 Å². The van der Waals surface area contributed by atoms with Crippen LogP contribution in [0.5, 0.6) is 0 Å². The zero-order valence-electron chi connectivity index (χ0n) is 5.65. The molecule has 1 N–H and O–H groups in total. The number of nitrogens with one attached hydrogen (secondary N) is 1. The molecule has 0 saturated heterocycles. The van der Waals surface area contributed by atoms with Gasteiger partial charge >= 0.3 is 59.1 Å². The quantitative estimate of drug-likeness (QED) is 0.549. The van der Waals surface area contributed by atoms with Gasteiger partial charge < -0.3 is 5.32 Å². The summed E-state index contributed by atoms with van der Waals surface area (Å²) in [6.07, 6.45) is 0. The van der Waals surface area contributed by atoms with E-state index >= 15 is 0 Å². The molecule has 0 bridgehead atoms. The average molecular weight is 149 g/mol. The van der Waals surface area contributed by atoms with Gasteiger partial charge in [-0.1, -0.05) is 27.7 Å². The standard InChI is InChI=1S/C6H15N.2Na.2H/c1-5(2)7-6(3)4;;;;/h5-7H,1-4H3;;;;. The summed E-state index contributed by atoms with van der Waals surface area (Å²) in [5, 5.41) is 3.31. The molecule has 9 heavy (non-hydrogen) atoms. The zero-order chi connectivity index (χ0) is 5.86. The Labute approximate surface area is 103 Å². The van der Waals surface area contributed by atoms with Crippen LogP contribution in [-0.2, 0) is 0 Å². The Balaban J connectivity index is -0.000000180. The van der Waals surface area contributed by atoms with Crippen molar-refractivity contribution in [2.45, 2.75) is 39.8 Å². The summed E-state index contributed by atoms with van der Waals surface area (Å²) in [5.41, 5.74) is 0. The summed E-state index contributed by atoms with van der Waals surface area (Å²) >= 11 is 0. The summed E-state index contributed by atoms with van der Waals surface area (Å²) < 4.78 is 0. The molecule has 0 unspecified atom stereocenters. The molecule has 0 aromatic rings. The maximum absolute atomic E-state index is 3.31. The van der Waals surface area contributed by atoms with Gasteiger partial charge in [0.25, 0.3) is 0 Å². The molecule has 0 aromatic heterocycles. The van der Waals surface area contributed by atoms with Crippen molar-refractivity contribution in [2.24, 2.45) is 0 Å². The number of rotatable bonds is 2. The Morgan fingerprint density at radius 1 is 0.778 bits per heavy atom. The summed E-state index contributed by atoms with van der Waals surface area (Å²) in [5.74, 6) is 0. The molecule has 0 rings (SSSR count). The van der Waals surface area contributed by atoms with E-state index < -0.39 is 0 Å². The van der Waals surface area contributed by atoms with E-state index in [0.29, 0.717) is 12.1 Å². The predicted molar refractivity (Wildman–Crippen MR) is 47.7 cm³/mol.